The van der Waals surface area contributed by atoms with Crippen molar-refractivity contribution in [1.29, 1.82) is 0 Å². The van der Waals surface area contributed by atoms with Crippen molar-refractivity contribution in [3.05, 3.63) is 64.9 Å². The maximum absolute atomic E-state index is 13.1. The number of carbonyl (C=O) groups is 2. The van der Waals surface area contributed by atoms with Crippen LogP contribution in [-0.2, 0) is 16.0 Å². The number of anilines is 1. The third-order valence-corrected chi connectivity index (χ3v) is 5.42. The lowest BCUT2D eigenvalue weighted by atomic mass is 9.91. The number of ether oxygens (including phenoxy) is 2. The number of benzene rings is 2. The van der Waals surface area contributed by atoms with Gasteiger partial charge in [-0.3, -0.25) is 14.5 Å². The lowest BCUT2D eigenvalue weighted by Gasteiger charge is -2.28. The summed E-state index contributed by atoms with van der Waals surface area (Å²) in [7, 11) is 1.55. The van der Waals surface area contributed by atoms with Gasteiger partial charge in [-0.05, 0) is 48.7 Å². The number of Topliss-reactive ketones (excluding diaryl/α,β-unsaturated/α-hetero) is 1. The van der Waals surface area contributed by atoms with E-state index < -0.39 is 17.7 Å². The highest BCUT2D eigenvalue weighted by Gasteiger charge is 2.45. The molecule has 164 valence electrons. The highest BCUT2D eigenvalue weighted by molar-refractivity contribution is 6.16. The van der Waals surface area contributed by atoms with Crippen LogP contribution in [0.3, 0.4) is 0 Å². The Balaban J connectivity index is 2.18. The van der Waals surface area contributed by atoms with Gasteiger partial charge >= 0.3 is 0 Å². The van der Waals surface area contributed by atoms with Crippen molar-refractivity contribution in [2.45, 2.75) is 40.2 Å². The standard InChI is InChI=1S/C25H29NO5/c1-6-16-8-11-18(12-9-16)26-22(21(23(27)15(3)4)24(28)25(26)29)17-10-13-19(30-5)20(14-17)31-7-2/h8-15,22,28H,6-7H2,1-5H3. The van der Waals surface area contributed by atoms with Gasteiger partial charge in [-0.25, -0.2) is 0 Å². The van der Waals surface area contributed by atoms with E-state index in [9.17, 15) is 14.7 Å². The van der Waals surface area contributed by atoms with Gasteiger partial charge in [0.25, 0.3) is 5.91 Å². The summed E-state index contributed by atoms with van der Waals surface area (Å²) < 4.78 is 11.1. The number of ketones is 1. The molecule has 1 atom stereocenters. The van der Waals surface area contributed by atoms with Crippen molar-refractivity contribution in [3.63, 3.8) is 0 Å². The van der Waals surface area contributed by atoms with Crippen molar-refractivity contribution < 1.29 is 24.2 Å². The van der Waals surface area contributed by atoms with Gasteiger partial charge in [0.2, 0.25) is 0 Å². The second kappa shape index (κ2) is 9.25. The number of hydrogen-bond acceptors (Lipinski definition) is 5. The summed E-state index contributed by atoms with van der Waals surface area (Å²) in [6.45, 7) is 7.86. The fourth-order valence-corrected chi connectivity index (χ4v) is 3.77. The lowest BCUT2D eigenvalue weighted by molar-refractivity contribution is -0.119. The quantitative estimate of drug-likeness (QED) is 0.661. The molecule has 1 N–H and O–H groups in total. The van der Waals surface area contributed by atoms with E-state index in [4.69, 9.17) is 9.47 Å². The van der Waals surface area contributed by atoms with Crippen LogP contribution < -0.4 is 14.4 Å². The maximum atomic E-state index is 13.1. The first-order valence-electron chi connectivity index (χ1n) is 10.5. The van der Waals surface area contributed by atoms with Crippen LogP contribution in [-0.4, -0.2) is 30.5 Å². The number of aryl methyl sites for hydroxylation is 1. The van der Waals surface area contributed by atoms with Gasteiger partial charge in [-0.15, -0.1) is 0 Å². The summed E-state index contributed by atoms with van der Waals surface area (Å²) in [5.74, 6) is -0.668. The van der Waals surface area contributed by atoms with Gasteiger partial charge in [0, 0.05) is 11.6 Å². The summed E-state index contributed by atoms with van der Waals surface area (Å²) in [5.41, 5.74) is 2.50. The van der Waals surface area contributed by atoms with Gasteiger partial charge in [-0.1, -0.05) is 39.0 Å². The number of hydrogen-bond donors (Lipinski definition) is 1. The van der Waals surface area contributed by atoms with Crippen LogP contribution in [0.5, 0.6) is 11.5 Å². The molecule has 0 aromatic heterocycles. The molecule has 0 saturated carbocycles. The Labute approximate surface area is 183 Å². The molecule has 31 heavy (non-hydrogen) atoms. The van der Waals surface area contributed by atoms with Crippen LogP contribution in [0.4, 0.5) is 5.69 Å². The van der Waals surface area contributed by atoms with Crippen molar-refractivity contribution in [2.24, 2.45) is 5.92 Å². The topological polar surface area (TPSA) is 76.1 Å². The lowest BCUT2D eigenvalue weighted by Crippen LogP contribution is -2.31. The number of aliphatic hydroxyl groups is 1. The van der Waals surface area contributed by atoms with Gasteiger partial charge in [0.05, 0.1) is 25.3 Å². The number of rotatable bonds is 8. The molecular formula is C25H29NO5. The first-order valence-corrected chi connectivity index (χ1v) is 10.5. The molecule has 0 aliphatic carbocycles. The minimum absolute atomic E-state index is 0.104. The third-order valence-electron chi connectivity index (χ3n) is 5.42. The zero-order chi connectivity index (χ0) is 22.7. The molecule has 6 heteroatoms. The van der Waals surface area contributed by atoms with Crippen molar-refractivity contribution >= 4 is 17.4 Å². The molecule has 3 rings (SSSR count). The van der Waals surface area contributed by atoms with Gasteiger partial charge in [0.1, 0.15) is 0 Å². The number of nitrogens with zero attached hydrogens (tertiary/aromatic N) is 1. The zero-order valence-corrected chi connectivity index (χ0v) is 18.6. The Morgan fingerprint density at radius 1 is 1.10 bits per heavy atom. The minimum Gasteiger partial charge on any atom is -0.503 e. The van der Waals surface area contributed by atoms with E-state index in [0.717, 1.165) is 12.0 Å². The highest BCUT2D eigenvalue weighted by atomic mass is 16.5. The third kappa shape index (κ3) is 4.15. The number of amides is 1. The van der Waals surface area contributed by atoms with Crippen molar-refractivity contribution in [3.8, 4) is 11.5 Å². The van der Waals surface area contributed by atoms with Gasteiger partial charge in [0.15, 0.2) is 23.0 Å². The summed E-state index contributed by atoms with van der Waals surface area (Å²) in [4.78, 5) is 27.6. The van der Waals surface area contributed by atoms with Crippen molar-refractivity contribution in [2.75, 3.05) is 18.6 Å². The largest absolute Gasteiger partial charge is 0.503 e. The molecule has 1 heterocycles. The smallest absolute Gasteiger partial charge is 0.294 e. The molecule has 2 aromatic carbocycles. The first-order chi connectivity index (χ1) is 14.8. The second-order valence-electron chi connectivity index (χ2n) is 7.72. The predicted molar refractivity (Wildman–Crippen MR) is 120 cm³/mol. The fourth-order valence-electron chi connectivity index (χ4n) is 3.77. The molecule has 2 aromatic rings. The Morgan fingerprint density at radius 2 is 1.77 bits per heavy atom. The van der Waals surface area contributed by atoms with E-state index in [1.165, 1.54) is 4.90 Å². The molecule has 0 saturated heterocycles. The zero-order valence-electron chi connectivity index (χ0n) is 18.6. The number of methoxy groups -OCH3 is 1. The molecule has 1 aliphatic heterocycles. The van der Waals surface area contributed by atoms with Crippen LogP contribution in [0.1, 0.15) is 44.9 Å². The van der Waals surface area contributed by atoms with Crippen LogP contribution in [0, 0.1) is 5.92 Å². The van der Waals surface area contributed by atoms with E-state index in [1.54, 1.807) is 39.2 Å². The monoisotopic (exact) mass is 423 g/mol. The molecule has 1 unspecified atom stereocenters. The molecule has 1 amide bonds. The van der Waals surface area contributed by atoms with E-state index in [0.29, 0.717) is 29.4 Å². The molecule has 1 aliphatic rings. The average Bonchev–Trinajstić information content (AvgIpc) is 3.04. The first kappa shape index (κ1) is 22.4. The Morgan fingerprint density at radius 3 is 2.32 bits per heavy atom. The summed E-state index contributed by atoms with van der Waals surface area (Å²) >= 11 is 0. The molecule has 0 bridgehead atoms. The molecular weight excluding hydrogens is 394 g/mol. The average molecular weight is 424 g/mol. The van der Waals surface area contributed by atoms with Crippen LogP contribution >= 0.6 is 0 Å². The predicted octanol–water partition coefficient (Wildman–Crippen LogP) is 4.78. The summed E-state index contributed by atoms with van der Waals surface area (Å²) in [6, 6.07) is 12.1. The van der Waals surface area contributed by atoms with E-state index in [2.05, 4.69) is 6.92 Å². The molecule has 0 radical (unpaired) electrons. The minimum atomic E-state index is -0.764. The summed E-state index contributed by atoms with van der Waals surface area (Å²) in [6.07, 6.45) is 0.869. The normalized spacial score (nSPS) is 16.3. The number of aliphatic hydroxyl groups excluding tert-OH is 1. The summed E-state index contributed by atoms with van der Waals surface area (Å²) in [5, 5.41) is 10.7. The second-order valence-corrected chi connectivity index (χ2v) is 7.72. The van der Waals surface area contributed by atoms with Crippen molar-refractivity contribution in [1.82, 2.24) is 0 Å². The molecule has 0 fully saturated rings. The molecule has 6 nitrogen and oxygen atoms in total. The van der Waals surface area contributed by atoms with Gasteiger partial charge < -0.3 is 14.6 Å². The maximum Gasteiger partial charge on any atom is 0.294 e. The Kier molecular flexibility index (Phi) is 6.68. The Hall–Kier alpha value is -3.28. The highest BCUT2D eigenvalue weighted by Crippen LogP contribution is 2.43. The van der Waals surface area contributed by atoms with Crippen LogP contribution in [0.15, 0.2) is 53.8 Å². The van der Waals surface area contributed by atoms with Crippen LogP contribution in [0.2, 0.25) is 0 Å². The SMILES string of the molecule is CCOc1cc(C2C(C(=O)C(C)C)=C(O)C(=O)N2c2ccc(CC)cc2)ccc1OC. The Bertz CT molecular complexity index is 1010. The van der Waals surface area contributed by atoms with E-state index in [-0.39, 0.29) is 17.3 Å². The fraction of sp³-hybridized carbons (Fsp3) is 0.360. The number of carbonyl (C=O) groups excluding carboxylic acids is 2. The molecule has 0 spiro atoms. The van der Waals surface area contributed by atoms with Gasteiger partial charge in [-0.2, -0.15) is 0 Å². The van der Waals surface area contributed by atoms with Crippen LogP contribution in [0.25, 0.3) is 0 Å². The van der Waals surface area contributed by atoms with E-state index >= 15 is 0 Å². The van der Waals surface area contributed by atoms with E-state index in [1.807, 2.05) is 31.2 Å².